The van der Waals surface area contributed by atoms with Crippen molar-refractivity contribution in [2.45, 2.75) is 31.0 Å². The van der Waals surface area contributed by atoms with Gasteiger partial charge in [-0.15, -0.1) is 10.2 Å². The number of aromatic nitrogens is 6. The highest BCUT2D eigenvalue weighted by molar-refractivity contribution is 5.94. The number of benzene rings is 1. The van der Waals surface area contributed by atoms with E-state index < -0.39 is 17.9 Å². The van der Waals surface area contributed by atoms with E-state index in [2.05, 4.69) is 30.7 Å². The highest BCUT2D eigenvalue weighted by Crippen LogP contribution is 2.40. The minimum absolute atomic E-state index is 0.0826. The molecule has 1 amide bonds. The Balaban J connectivity index is 1.43. The normalized spacial score (nSPS) is 18.6. The molecule has 2 aliphatic heterocycles. The molecule has 6 rings (SSSR count). The first-order valence-electron chi connectivity index (χ1n) is 12.6. The number of rotatable bonds is 6. The highest BCUT2D eigenvalue weighted by Gasteiger charge is 2.42. The zero-order valence-corrected chi connectivity index (χ0v) is 21.4. The predicted molar refractivity (Wildman–Crippen MR) is 135 cm³/mol. The molecular formula is C26H27F3N8O2. The lowest BCUT2D eigenvalue weighted by atomic mass is 9.75. The van der Waals surface area contributed by atoms with E-state index in [1.807, 2.05) is 40.8 Å². The van der Waals surface area contributed by atoms with Crippen LogP contribution in [0.4, 0.5) is 13.2 Å². The topological polar surface area (TPSA) is 114 Å². The van der Waals surface area contributed by atoms with Gasteiger partial charge in [-0.05, 0) is 24.6 Å². The summed E-state index contributed by atoms with van der Waals surface area (Å²) in [6.07, 6.45) is -2.39. The summed E-state index contributed by atoms with van der Waals surface area (Å²) in [6, 6.07) is 8.17. The number of hydrogen-bond donors (Lipinski definition) is 2. The summed E-state index contributed by atoms with van der Waals surface area (Å²) in [5, 5.41) is 18.7. The summed E-state index contributed by atoms with van der Waals surface area (Å²) < 4.78 is 49.4. The summed E-state index contributed by atoms with van der Waals surface area (Å²) in [7, 11) is 1.88. The van der Waals surface area contributed by atoms with Crippen LogP contribution in [-0.2, 0) is 34.6 Å². The number of nitrogens with one attached hydrogen (secondary N) is 2. The van der Waals surface area contributed by atoms with Crippen molar-refractivity contribution in [1.82, 2.24) is 40.2 Å². The fraction of sp³-hybridized carbons (Fsp3) is 0.423. The number of amides is 1. The molecule has 2 saturated heterocycles. The zero-order chi connectivity index (χ0) is 27.4. The molecule has 4 aromatic rings. The van der Waals surface area contributed by atoms with Crippen LogP contribution in [0.25, 0.3) is 22.2 Å². The van der Waals surface area contributed by atoms with Crippen LogP contribution < -0.4 is 5.32 Å². The second-order valence-electron chi connectivity index (χ2n) is 10.3. The number of alkyl halides is 3. The summed E-state index contributed by atoms with van der Waals surface area (Å²) in [5.74, 6) is 0.647. The average Bonchev–Trinajstić information content (AvgIpc) is 3.50. The van der Waals surface area contributed by atoms with E-state index in [-0.39, 0.29) is 23.6 Å². The number of carbonyl (C=O) groups is 1. The summed E-state index contributed by atoms with van der Waals surface area (Å²) in [4.78, 5) is 17.8. The summed E-state index contributed by atoms with van der Waals surface area (Å²) in [6.45, 7) is 3.76. The molecule has 0 spiro atoms. The Labute approximate surface area is 221 Å². The smallest absolute Gasteiger partial charge is 0.379 e. The second-order valence-corrected chi connectivity index (χ2v) is 10.3. The maximum Gasteiger partial charge on any atom is 0.433 e. The molecule has 5 heterocycles. The molecule has 13 heteroatoms. The third-order valence-electron chi connectivity index (χ3n) is 7.69. The van der Waals surface area contributed by atoms with E-state index in [4.69, 9.17) is 4.74 Å². The molecule has 2 fully saturated rings. The number of pyridine rings is 1. The molecule has 2 aliphatic rings. The Kier molecular flexibility index (Phi) is 6.14. The van der Waals surface area contributed by atoms with Gasteiger partial charge in [0.25, 0.3) is 0 Å². The molecule has 10 nitrogen and oxygen atoms in total. The first-order valence-corrected chi connectivity index (χ1v) is 12.6. The van der Waals surface area contributed by atoms with Crippen molar-refractivity contribution in [3.8, 4) is 11.3 Å². The molecule has 0 radical (unpaired) electrons. The predicted octanol–water partition coefficient (Wildman–Crippen LogP) is 2.78. The Morgan fingerprint density at radius 2 is 2.05 bits per heavy atom. The minimum Gasteiger partial charge on any atom is -0.379 e. The van der Waals surface area contributed by atoms with E-state index in [9.17, 15) is 18.0 Å². The van der Waals surface area contributed by atoms with Crippen LogP contribution in [0.15, 0.2) is 36.7 Å². The second kappa shape index (κ2) is 9.42. The number of aryl methyl sites for hydroxylation is 1. The first kappa shape index (κ1) is 25.4. The molecule has 0 aliphatic carbocycles. The monoisotopic (exact) mass is 540 g/mol. The van der Waals surface area contributed by atoms with E-state index in [0.29, 0.717) is 54.9 Å². The van der Waals surface area contributed by atoms with Gasteiger partial charge >= 0.3 is 6.18 Å². The van der Waals surface area contributed by atoms with Crippen molar-refractivity contribution in [2.75, 3.05) is 32.8 Å². The Bertz CT molecular complexity index is 1540. The lowest BCUT2D eigenvalue weighted by Crippen LogP contribution is -2.49. The van der Waals surface area contributed by atoms with E-state index in [1.54, 1.807) is 13.3 Å². The maximum absolute atomic E-state index is 14.0. The highest BCUT2D eigenvalue weighted by atomic mass is 19.4. The Morgan fingerprint density at radius 3 is 2.72 bits per heavy atom. The van der Waals surface area contributed by atoms with Crippen LogP contribution in [0, 0.1) is 0 Å². The molecule has 0 saturated carbocycles. The number of fused-ring (bicyclic) bond motifs is 1. The van der Waals surface area contributed by atoms with E-state index in [1.165, 1.54) is 0 Å². The minimum atomic E-state index is -4.65. The van der Waals surface area contributed by atoms with Crippen molar-refractivity contribution in [2.24, 2.45) is 7.05 Å². The molecule has 3 aromatic heterocycles. The van der Waals surface area contributed by atoms with Gasteiger partial charge in [0.2, 0.25) is 5.91 Å². The van der Waals surface area contributed by atoms with Crippen LogP contribution in [0.3, 0.4) is 0 Å². The lowest BCUT2D eigenvalue weighted by molar-refractivity contribution is -0.141. The Morgan fingerprint density at radius 1 is 1.23 bits per heavy atom. The number of piperazine rings is 1. The fourth-order valence-corrected chi connectivity index (χ4v) is 5.36. The van der Waals surface area contributed by atoms with E-state index in [0.717, 1.165) is 17.5 Å². The number of hydrogen-bond acceptors (Lipinski definition) is 7. The van der Waals surface area contributed by atoms with Crippen molar-refractivity contribution in [3.05, 3.63) is 59.4 Å². The summed E-state index contributed by atoms with van der Waals surface area (Å²) in [5.41, 5.74) is 1.37. The largest absolute Gasteiger partial charge is 0.433 e. The van der Waals surface area contributed by atoms with Gasteiger partial charge in [0.1, 0.15) is 23.5 Å². The molecule has 39 heavy (non-hydrogen) atoms. The fourth-order valence-electron chi connectivity index (χ4n) is 5.36. The molecule has 1 atom stereocenters. The molecule has 204 valence electrons. The molecular weight excluding hydrogens is 513 g/mol. The van der Waals surface area contributed by atoms with Crippen molar-refractivity contribution >= 4 is 16.8 Å². The molecule has 2 N–H and O–H groups in total. The number of nitrogens with zero attached hydrogens (tertiary/aromatic N) is 6. The van der Waals surface area contributed by atoms with Crippen molar-refractivity contribution < 1.29 is 22.7 Å². The van der Waals surface area contributed by atoms with Crippen molar-refractivity contribution in [3.63, 3.8) is 0 Å². The van der Waals surface area contributed by atoms with Gasteiger partial charge < -0.3 is 14.6 Å². The van der Waals surface area contributed by atoms with Crippen LogP contribution in [0.1, 0.15) is 35.7 Å². The van der Waals surface area contributed by atoms with Gasteiger partial charge in [-0.1, -0.05) is 18.2 Å². The van der Waals surface area contributed by atoms with Crippen LogP contribution in [0.2, 0.25) is 0 Å². The van der Waals surface area contributed by atoms with Crippen LogP contribution in [0.5, 0.6) is 0 Å². The standard InChI is InChI=1S/C26H27F3N8O2/c1-15(37-7-6-30-21(38)11-37)22-24-18(9-19(32-22)26(27,28)29)23(34-35-24)16-4-3-5-17(8-16)25(12-39-13-25)10-20-33-31-14-36(20)2/h3-5,8-9,14-15H,6-7,10-13H2,1-2H3,(H,30,38)(H,34,35)/t15-/m0/s1. The third-order valence-corrected chi connectivity index (χ3v) is 7.69. The summed E-state index contributed by atoms with van der Waals surface area (Å²) >= 11 is 0. The third kappa shape index (κ3) is 4.55. The van der Waals surface area contributed by atoms with Gasteiger partial charge in [-0.3, -0.25) is 14.8 Å². The van der Waals surface area contributed by atoms with Gasteiger partial charge in [-0.2, -0.15) is 18.3 Å². The first-order chi connectivity index (χ1) is 18.6. The van der Waals surface area contributed by atoms with Gasteiger partial charge in [0, 0.05) is 42.9 Å². The van der Waals surface area contributed by atoms with Crippen LogP contribution >= 0.6 is 0 Å². The quantitative estimate of drug-likeness (QED) is 0.387. The molecule has 1 aromatic carbocycles. The Hall–Kier alpha value is -3.84. The number of H-pyrrole nitrogens is 1. The lowest BCUT2D eigenvalue weighted by Gasteiger charge is -2.41. The van der Waals surface area contributed by atoms with Crippen LogP contribution in [-0.4, -0.2) is 73.6 Å². The number of aromatic amines is 1. The van der Waals surface area contributed by atoms with E-state index >= 15 is 0 Å². The maximum atomic E-state index is 14.0. The average molecular weight is 541 g/mol. The molecule has 0 unspecified atom stereocenters. The molecule has 0 bridgehead atoms. The number of carbonyl (C=O) groups excluding carboxylic acids is 1. The van der Waals surface area contributed by atoms with Gasteiger partial charge in [0.15, 0.2) is 0 Å². The number of halogens is 3. The SMILES string of the molecule is C[C@@H](c1nc(C(F)(F)F)cc2c(-c3cccc(C4(Cc5nncn5C)COC4)c3)n[nH]c12)N1CCNC(=O)C1. The van der Waals surface area contributed by atoms with Gasteiger partial charge in [0.05, 0.1) is 37.0 Å². The number of ether oxygens (including phenoxy) is 1. The van der Waals surface area contributed by atoms with Crippen molar-refractivity contribution in [1.29, 1.82) is 0 Å². The zero-order valence-electron chi connectivity index (χ0n) is 21.4. The van der Waals surface area contributed by atoms with Gasteiger partial charge in [-0.25, -0.2) is 4.98 Å².